The monoisotopic (exact) mass is 588 g/mol. The lowest BCUT2D eigenvalue weighted by Crippen LogP contribution is -2.48. The number of carboxylic acid groups (broad SMARTS) is 1. The van der Waals surface area contributed by atoms with Crippen LogP contribution in [-0.2, 0) is 11.3 Å². The van der Waals surface area contributed by atoms with Gasteiger partial charge in [0, 0.05) is 49.5 Å². The van der Waals surface area contributed by atoms with Gasteiger partial charge in [-0.1, -0.05) is 0 Å². The van der Waals surface area contributed by atoms with Crippen LogP contribution in [0.5, 0.6) is 5.75 Å². The zero-order valence-electron chi connectivity index (χ0n) is 24.7. The molecule has 2 aromatic carbocycles. The summed E-state index contributed by atoms with van der Waals surface area (Å²) >= 11 is 0. The van der Waals surface area contributed by atoms with E-state index in [1.807, 2.05) is 12.1 Å². The first-order valence-electron chi connectivity index (χ1n) is 14.4. The largest absolute Gasteiger partial charge is 0.482 e. The van der Waals surface area contributed by atoms with Gasteiger partial charge >= 0.3 is 5.97 Å². The third kappa shape index (κ3) is 8.26. The predicted octanol–water partition coefficient (Wildman–Crippen LogP) is 4.25. The minimum Gasteiger partial charge on any atom is -0.482 e. The summed E-state index contributed by atoms with van der Waals surface area (Å²) < 4.78 is 20.1. The molecule has 1 aromatic heterocycles. The standard InChI is InChI=1S/C32H37FN6O4/c1-21(10-13-35-32(42)31-22(2)36-20-37-23(31)3)38-14-11-27(12-15-38)39(18-25-16-24(17-34)4-9-29(25)33)26-5-7-28(8-6-26)43-19-30(40)41/h4-9,16,20-21,27H,10-15,18-19H2,1-3H3,(H,35,42)(H,40,41). The maximum atomic E-state index is 14.8. The van der Waals surface area contributed by atoms with Gasteiger partial charge in [-0.2, -0.15) is 5.26 Å². The number of aromatic nitrogens is 2. The van der Waals surface area contributed by atoms with E-state index in [0.717, 1.165) is 38.0 Å². The van der Waals surface area contributed by atoms with Crippen LogP contribution in [0, 0.1) is 31.0 Å². The Bertz CT molecular complexity index is 1450. The van der Waals surface area contributed by atoms with E-state index in [0.29, 0.717) is 40.4 Å². The first kappa shape index (κ1) is 31.4. The fourth-order valence-corrected chi connectivity index (χ4v) is 5.48. The van der Waals surface area contributed by atoms with Gasteiger partial charge in [-0.3, -0.25) is 4.79 Å². The van der Waals surface area contributed by atoms with Crippen molar-refractivity contribution in [3.05, 3.63) is 82.7 Å². The zero-order chi connectivity index (χ0) is 30.9. The third-order valence-electron chi connectivity index (χ3n) is 7.91. The van der Waals surface area contributed by atoms with Gasteiger partial charge in [0.2, 0.25) is 0 Å². The van der Waals surface area contributed by atoms with Crippen molar-refractivity contribution < 1.29 is 23.8 Å². The zero-order valence-corrected chi connectivity index (χ0v) is 24.7. The molecule has 4 rings (SSSR count). The molecule has 10 nitrogen and oxygen atoms in total. The summed E-state index contributed by atoms with van der Waals surface area (Å²) in [6.07, 6.45) is 3.93. The molecule has 1 unspecified atom stereocenters. The number of aryl methyl sites for hydroxylation is 2. The number of nitrogens with one attached hydrogen (secondary N) is 1. The Labute approximate surface area is 251 Å². The molecule has 1 aliphatic rings. The molecule has 0 radical (unpaired) electrons. The van der Waals surface area contributed by atoms with Crippen LogP contribution in [0.15, 0.2) is 48.8 Å². The summed E-state index contributed by atoms with van der Waals surface area (Å²) in [5.41, 5.74) is 3.53. The van der Waals surface area contributed by atoms with Crippen molar-refractivity contribution in [1.82, 2.24) is 20.2 Å². The molecule has 43 heavy (non-hydrogen) atoms. The van der Waals surface area contributed by atoms with E-state index in [2.05, 4.69) is 38.1 Å². The molecule has 3 aromatic rings. The van der Waals surface area contributed by atoms with Crippen molar-refractivity contribution in [3.8, 4) is 11.8 Å². The number of nitrogens with zero attached hydrogens (tertiary/aromatic N) is 5. The number of benzene rings is 2. The van der Waals surface area contributed by atoms with Crippen LogP contribution < -0.4 is 15.0 Å². The lowest BCUT2D eigenvalue weighted by molar-refractivity contribution is -0.139. The molecular formula is C32H37FN6O4. The Morgan fingerprint density at radius 3 is 2.47 bits per heavy atom. The second-order valence-electron chi connectivity index (χ2n) is 10.8. The average Bonchev–Trinajstić information content (AvgIpc) is 3.00. The van der Waals surface area contributed by atoms with E-state index in [1.165, 1.54) is 18.5 Å². The van der Waals surface area contributed by atoms with Gasteiger partial charge in [0.25, 0.3) is 5.91 Å². The van der Waals surface area contributed by atoms with Gasteiger partial charge in [-0.15, -0.1) is 0 Å². The van der Waals surface area contributed by atoms with Crippen molar-refractivity contribution in [1.29, 1.82) is 5.26 Å². The molecule has 0 bridgehead atoms. The Morgan fingerprint density at radius 2 is 1.84 bits per heavy atom. The van der Waals surface area contributed by atoms with Crippen LogP contribution in [0.25, 0.3) is 0 Å². The first-order valence-corrected chi connectivity index (χ1v) is 14.4. The number of halogens is 1. The maximum Gasteiger partial charge on any atom is 0.341 e. The smallest absolute Gasteiger partial charge is 0.341 e. The number of likely N-dealkylation sites (tertiary alicyclic amines) is 1. The second-order valence-corrected chi connectivity index (χ2v) is 10.8. The highest BCUT2D eigenvalue weighted by Gasteiger charge is 2.28. The first-order chi connectivity index (χ1) is 20.7. The van der Waals surface area contributed by atoms with E-state index in [-0.39, 0.29) is 30.4 Å². The van der Waals surface area contributed by atoms with Gasteiger partial charge in [0.1, 0.15) is 17.9 Å². The van der Waals surface area contributed by atoms with E-state index >= 15 is 0 Å². The average molecular weight is 589 g/mol. The number of carbonyl (C=O) groups excluding carboxylic acids is 1. The van der Waals surface area contributed by atoms with E-state index < -0.39 is 12.6 Å². The summed E-state index contributed by atoms with van der Waals surface area (Å²) in [6.45, 7) is 7.81. The van der Waals surface area contributed by atoms with Crippen LogP contribution in [0.4, 0.5) is 10.1 Å². The molecule has 1 atom stereocenters. The van der Waals surface area contributed by atoms with Gasteiger partial charge in [-0.05, 0) is 82.5 Å². The highest BCUT2D eigenvalue weighted by molar-refractivity contribution is 5.96. The van der Waals surface area contributed by atoms with Gasteiger partial charge < -0.3 is 25.0 Å². The van der Waals surface area contributed by atoms with Crippen molar-refractivity contribution in [2.75, 3.05) is 31.1 Å². The van der Waals surface area contributed by atoms with Crippen molar-refractivity contribution >= 4 is 17.6 Å². The summed E-state index contributed by atoms with van der Waals surface area (Å²) in [7, 11) is 0. The van der Waals surface area contributed by atoms with Gasteiger partial charge in [0.15, 0.2) is 6.61 Å². The Balaban J connectivity index is 1.39. The van der Waals surface area contributed by atoms with Crippen molar-refractivity contribution in [3.63, 3.8) is 0 Å². The number of hydrogen-bond acceptors (Lipinski definition) is 8. The number of nitriles is 1. The number of aliphatic carboxylic acids is 1. The fraction of sp³-hybridized carbons (Fsp3) is 0.406. The maximum absolute atomic E-state index is 14.8. The molecule has 0 aliphatic carbocycles. The predicted molar refractivity (Wildman–Crippen MR) is 159 cm³/mol. The SMILES string of the molecule is Cc1ncnc(C)c1C(=O)NCCC(C)N1CCC(N(Cc2cc(C#N)ccc2F)c2ccc(OCC(=O)O)cc2)CC1. The van der Waals surface area contributed by atoms with Gasteiger partial charge in [-0.25, -0.2) is 19.2 Å². The van der Waals surface area contributed by atoms with Crippen molar-refractivity contribution in [2.24, 2.45) is 0 Å². The van der Waals surface area contributed by atoms with Crippen LogP contribution >= 0.6 is 0 Å². The van der Waals surface area contributed by atoms with Crippen LogP contribution in [-0.4, -0.2) is 70.2 Å². The Kier molecular flexibility index (Phi) is 10.6. The number of anilines is 1. The lowest BCUT2D eigenvalue weighted by Gasteiger charge is -2.42. The topological polar surface area (TPSA) is 132 Å². The van der Waals surface area contributed by atoms with E-state index in [9.17, 15) is 19.2 Å². The van der Waals surface area contributed by atoms with Gasteiger partial charge in [0.05, 0.1) is 28.6 Å². The highest BCUT2D eigenvalue weighted by Crippen LogP contribution is 2.29. The molecule has 1 aliphatic heterocycles. The molecule has 1 fully saturated rings. The molecule has 0 saturated carbocycles. The third-order valence-corrected chi connectivity index (χ3v) is 7.91. The molecule has 2 N–H and O–H groups in total. The molecule has 2 heterocycles. The summed E-state index contributed by atoms with van der Waals surface area (Å²) in [5.74, 6) is -1.15. The highest BCUT2D eigenvalue weighted by atomic mass is 19.1. The lowest BCUT2D eigenvalue weighted by atomic mass is 9.99. The Hall–Kier alpha value is -4.56. The summed E-state index contributed by atoms with van der Waals surface area (Å²) in [5, 5.41) is 21.3. The number of rotatable bonds is 12. The summed E-state index contributed by atoms with van der Waals surface area (Å²) in [4.78, 5) is 36.4. The van der Waals surface area contributed by atoms with Crippen LogP contribution in [0.3, 0.4) is 0 Å². The fourth-order valence-electron chi connectivity index (χ4n) is 5.48. The van der Waals surface area contributed by atoms with Crippen molar-refractivity contribution in [2.45, 2.75) is 58.7 Å². The van der Waals surface area contributed by atoms with Crippen LogP contribution in [0.2, 0.25) is 0 Å². The molecule has 0 spiro atoms. The minimum atomic E-state index is -1.06. The number of ether oxygens (including phenoxy) is 1. The number of amides is 1. The van der Waals surface area contributed by atoms with E-state index in [1.54, 1.807) is 32.0 Å². The number of carboxylic acids is 1. The molecule has 226 valence electrons. The quantitative estimate of drug-likeness (QED) is 0.319. The molecular weight excluding hydrogens is 551 g/mol. The second kappa shape index (κ2) is 14.6. The molecule has 1 amide bonds. The Morgan fingerprint density at radius 1 is 1.16 bits per heavy atom. The number of piperidine rings is 1. The van der Waals surface area contributed by atoms with Crippen LogP contribution in [0.1, 0.15) is 59.1 Å². The molecule has 1 saturated heterocycles. The normalized spacial score (nSPS) is 14.5. The number of hydrogen-bond donors (Lipinski definition) is 2. The number of carbonyl (C=O) groups is 2. The minimum absolute atomic E-state index is 0.114. The summed E-state index contributed by atoms with van der Waals surface area (Å²) in [6, 6.07) is 14.0. The van der Waals surface area contributed by atoms with E-state index in [4.69, 9.17) is 9.84 Å². The molecule has 11 heteroatoms.